The molecule has 4 nitrogen and oxygen atoms in total. The fraction of sp³-hybridized carbons (Fsp3) is 0.278. The number of carbonyl (C=O) groups excluding carboxylic acids is 1. The molecule has 0 spiro atoms. The van der Waals surface area contributed by atoms with Crippen molar-refractivity contribution < 1.29 is 13.7 Å². The molecular weight excluding hydrogens is 310 g/mol. The van der Waals surface area contributed by atoms with Gasteiger partial charge in [0.1, 0.15) is 11.5 Å². The molecule has 0 radical (unpaired) electrons. The molecule has 0 saturated carbocycles. The lowest BCUT2D eigenvalue weighted by molar-refractivity contribution is 0.0941. The van der Waals surface area contributed by atoms with Crippen molar-refractivity contribution in [3.63, 3.8) is 0 Å². The normalized spacial score (nSPS) is 13.2. The van der Waals surface area contributed by atoms with E-state index in [1.54, 1.807) is 24.5 Å². The van der Waals surface area contributed by atoms with E-state index in [1.807, 2.05) is 44.2 Å². The number of benzene rings is 2. The van der Waals surface area contributed by atoms with Gasteiger partial charge < -0.3 is 10.1 Å². The Labute approximate surface area is 139 Å². The number of amides is 1. The van der Waals surface area contributed by atoms with Gasteiger partial charge in [-0.2, -0.15) is 0 Å². The van der Waals surface area contributed by atoms with Crippen molar-refractivity contribution in [3.05, 3.63) is 59.7 Å². The van der Waals surface area contributed by atoms with Crippen molar-refractivity contribution >= 4 is 16.7 Å². The van der Waals surface area contributed by atoms with E-state index in [9.17, 15) is 9.00 Å². The number of hydrogen-bond acceptors (Lipinski definition) is 3. The highest BCUT2D eigenvalue weighted by atomic mass is 32.2. The first-order valence-electron chi connectivity index (χ1n) is 7.40. The number of rotatable bonds is 6. The molecule has 2 atom stereocenters. The van der Waals surface area contributed by atoms with Crippen LogP contribution < -0.4 is 10.1 Å². The number of hydrogen-bond donors (Lipinski definition) is 1. The zero-order valence-corrected chi connectivity index (χ0v) is 14.4. The van der Waals surface area contributed by atoms with Gasteiger partial charge in [0, 0.05) is 28.9 Å². The molecule has 1 N–H and O–H groups in total. The Morgan fingerprint density at radius 1 is 1.22 bits per heavy atom. The Hall–Kier alpha value is -2.14. The van der Waals surface area contributed by atoms with E-state index in [1.165, 1.54) is 0 Å². The van der Waals surface area contributed by atoms with Crippen LogP contribution in [0.5, 0.6) is 11.5 Å². The Morgan fingerprint density at radius 2 is 1.96 bits per heavy atom. The van der Waals surface area contributed by atoms with Gasteiger partial charge in [0.15, 0.2) is 0 Å². The first kappa shape index (κ1) is 17.2. The minimum absolute atomic E-state index is 0.166. The minimum atomic E-state index is -0.954. The Morgan fingerprint density at radius 3 is 2.65 bits per heavy atom. The largest absolute Gasteiger partial charge is 0.457 e. The Kier molecular flexibility index (Phi) is 5.93. The van der Waals surface area contributed by atoms with E-state index >= 15 is 0 Å². The van der Waals surface area contributed by atoms with Gasteiger partial charge in [0.2, 0.25) is 0 Å². The van der Waals surface area contributed by atoms with E-state index in [0.717, 1.165) is 5.56 Å². The molecule has 0 aliphatic rings. The third-order valence-corrected chi connectivity index (χ3v) is 4.18. The molecule has 2 aromatic rings. The number of aryl methyl sites for hydroxylation is 1. The molecule has 122 valence electrons. The van der Waals surface area contributed by atoms with Crippen LogP contribution in [-0.2, 0) is 10.8 Å². The third-order valence-electron chi connectivity index (χ3n) is 3.21. The highest BCUT2D eigenvalue weighted by molar-refractivity contribution is 7.84. The fourth-order valence-electron chi connectivity index (χ4n) is 2.24. The zero-order valence-electron chi connectivity index (χ0n) is 13.5. The topological polar surface area (TPSA) is 55.4 Å². The average molecular weight is 331 g/mol. The second kappa shape index (κ2) is 7.92. The summed E-state index contributed by atoms with van der Waals surface area (Å²) in [4.78, 5) is 12.4. The summed E-state index contributed by atoms with van der Waals surface area (Å²) in [5.74, 6) is 1.38. The van der Waals surface area contributed by atoms with E-state index in [4.69, 9.17) is 4.74 Å². The highest BCUT2D eigenvalue weighted by Gasteiger charge is 2.15. The maximum absolute atomic E-state index is 12.4. The second-order valence-electron chi connectivity index (χ2n) is 5.53. The smallest absolute Gasteiger partial charge is 0.255 e. The van der Waals surface area contributed by atoms with Gasteiger partial charge >= 0.3 is 0 Å². The molecule has 0 aromatic heterocycles. The van der Waals surface area contributed by atoms with Gasteiger partial charge in [-0.05, 0) is 43.7 Å². The summed E-state index contributed by atoms with van der Waals surface area (Å²) in [5.41, 5.74) is 1.55. The second-order valence-corrected chi connectivity index (χ2v) is 7.01. The molecule has 0 bridgehead atoms. The molecule has 2 rings (SSSR count). The van der Waals surface area contributed by atoms with Gasteiger partial charge in [0.05, 0.1) is 5.56 Å². The van der Waals surface area contributed by atoms with Crippen LogP contribution in [0.2, 0.25) is 0 Å². The van der Waals surface area contributed by atoms with Gasteiger partial charge in [-0.3, -0.25) is 9.00 Å². The van der Waals surface area contributed by atoms with Crippen LogP contribution in [0.15, 0.2) is 48.5 Å². The molecule has 2 aromatic carbocycles. The molecule has 0 aliphatic heterocycles. The van der Waals surface area contributed by atoms with Gasteiger partial charge in [-0.25, -0.2) is 0 Å². The Bertz CT molecular complexity index is 715. The van der Waals surface area contributed by atoms with Crippen LogP contribution in [0.25, 0.3) is 0 Å². The van der Waals surface area contributed by atoms with Crippen molar-refractivity contribution in [1.82, 2.24) is 5.32 Å². The standard InChI is InChI=1S/C18H21NO3S/c1-13-7-6-8-15(11-13)22-17-10-5-4-9-16(17)18(20)19-14(2)12-23(3)21/h4-11,14H,12H2,1-3H3,(H,19,20)/t14-,23-/m1/s1. The summed E-state index contributed by atoms with van der Waals surface area (Å²) < 4.78 is 17.1. The lowest BCUT2D eigenvalue weighted by Gasteiger charge is -2.15. The SMILES string of the molecule is Cc1cccc(Oc2ccccc2C(=O)N[C@H](C)C[S@@](C)=O)c1. The van der Waals surface area contributed by atoms with E-state index in [0.29, 0.717) is 22.8 Å². The number of ether oxygens (including phenoxy) is 1. The third kappa shape index (κ3) is 5.21. The van der Waals surface area contributed by atoms with Crippen molar-refractivity contribution in [3.8, 4) is 11.5 Å². The molecule has 0 fully saturated rings. The highest BCUT2D eigenvalue weighted by Crippen LogP contribution is 2.25. The summed E-state index contributed by atoms with van der Waals surface area (Å²) in [6.07, 6.45) is 1.62. The molecule has 1 amide bonds. The first-order valence-corrected chi connectivity index (χ1v) is 9.13. The quantitative estimate of drug-likeness (QED) is 0.884. The molecule has 0 aliphatic carbocycles. The monoisotopic (exact) mass is 331 g/mol. The summed E-state index contributed by atoms with van der Waals surface area (Å²) in [6, 6.07) is 14.6. The van der Waals surface area contributed by atoms with Gasteiger partial charge in [-0.1, -0.05) is 24.3 Å². The van der Waals surface area contributed by atoms with Crippen LogP contribution in [-0.4, -0.2) is 28.2 Å². The van der Waals surface area contributed by atoms with Crippen molar-refractivity contribution in [2.75, 3.05) is 12.0 Å². The summed E-state index contributed by atoms with van der Waals surface area (Å²) in [7, 11) is -0.954. The first-order chi connectivity index (χ1) is 11.0. The maximum atomic E-state index is 12.4. The van der Waals surface area contributed by atoms with Crippen LogP contribution >= 0.6 is 0 Å². The molecule has 0 heterocycles. The molecule has 23 heavy (non-hydrogen) atoms. The Balaban J connectivity index is 2.16. The maximum Gasteiger partial charge on any atom is 0.255 e. The number of carbonyl (C=O) groups is 1. The summed E-state index contributed by atoms with van der Waals surface area (Å²) in [6.45, 7) is 3.82. The van der Waals surface area contributed by atoms with Crippen LogP contribution in [0, 0.1) is 6.92 Å². The molecule has 0 unspecified atom stereocenters. The molecular formula is C18H21NO3S. The lowest BCUT2D eigenvalue weighted by Crippen LogP contribution is -2.36. The van der Waals surface area contributed by atoms with Crippen molar-refractivity contribution in [2.24, 2.45) is 0 Å². The van der Waals surface area contributed by atoms with E-state index in [2.05, 4.69) is 5.32 Å². The number of para-hydroxylation sites is 1. The van der Waals surface area contributed by atoms with E-state index in [-0.39, 0.29) is 11.9 Å². The predicted molar refractivity (Wildman–Crippen MR) is 93.6 cm³/mol. The summed E-state index contributed by atoms with van der Waals surface area (Å²) in [5, 5.41) is 2.85. The van der Waals surface area contributed by atoms with Crippen LogP contribution in [0.4, 0.5) is 0 Å². The van der Waals surface area contributed by atoms with Crippen molar-refractivity contribution in [1.29, 1.82) is 0 Å². The fourth-order valence-corrected chi connectivity index (χ4v) is 3.03. The molecule has 5 heteroatoms. The number of nitrogens with one attached hydrogen (secondary N) is 1. The zero-order chi connectivity index (χ0) is 16.8. The average Bonchev–Trinajstić information content (AvgIpc) is 2.46. The van der Waals surface area contributed by atoms with Gasteiger partial charge in [0.25, 0.3) is 5.91 Å². The minimum Gasteiger partial charge on any atom is -0.457 e. The van der Waals surface area contributed by atoms with Gasteiger partial charge in [-0.15, -0.1) is 0 Å². The van der Waals surface area contributed by atoms with Crippen molar-refractivity contribution in [2.45, 2.75) is 19.9 Å². The van der Waals surface area contributed by atoms with Crippen LogP contribution in [0.3, 0.4) is 0 Å². The lowest BCUT2D eigenvalue weighted by atomic mass is 10.1. The van der Waals surface area contributed by atoms with Crippen LogP contribution in [0.1, 0.15) is 22.8 Å². The predicted octanol–water partition coefficient (Wildman–Crippen LogP) is 3.28. The summed E-state index contributed by atoms with van der Waals surface area (Å²) >= 11 is 0. The van der Waals surface area contributed by atoms with E-state index < -0.39 is 10.8 Å². The molecule has 0 saturated heterocycles.